The maximum Gasteiger partial charge on any atom is 0.347 e. The number of aryl methyl sites for hydroxylation is 2. The molecule has 0 spiro atoms. The summed E-state index contributed by atoms with van der Waals surface area (Å²) in [5.41, 5.74) is 1.50. The molecule has 1 unspecified atom stereocenters. The van der Waals surface area contributed by atoms with Gasteiger partial charge in [-0.1, -0.05) is 26.2 Å². The van der Waals surface area contributed by atoms with Gasteiger partial charge in [-0.3, -0.25) is 0 Å². The molecule has 4 heteroatoms. The highest BCUT2D eigenvalue weighted by molar-refractivity contribution is 7.19. The second-order valence-corrected chi connectivity index (χ2v) is 8.21. The summed E-state index contributed by atoms with van der Waals surface area (Å²) in [6, 6.07) is 6.28. The zero-order chi connectivity index (χ0) is 18.4. The van der Waals surface area contributed by atoms with E-state index in [1.807, 2.05) is 24.3 Å². The summed E-state index contributed by atoms with van der Waals surface area (Å²) < 4.78 is 12.7. The number of thiophene rings is 1. The highest BCUT2D eigenvalue weighted by Gasteiger charge is 2.22. The van der Waals surface area contributed by atoms with Gasteiger partial charge < -0.3 is 9.47 Å². The van der Waals surface area contributed by atoms with Crippen molar-refractivity contribution in [2.45, 2.75) is 77.7 Å². The number of esters is 1. The fourth-order valence-electron chi connectivity index (χ4n) is 3.70. The first-order valence-electron chi connectivity index (χ1n) is 10.1. The molecule has 1 aromatic heterocycles. The van der Waals surface area contributed by atoms with E-state index in [4.69, 9.17) is 9.47 Å². The van der Waals surface area contributed by atoms with E-state index in [2.05, 4.69) is 19.1 Å². The lowest BCUT2D eigenvalue weighted by molar-refractivity contribution is -0.151. The first kappa shape index (κ1) is 19.2. The number of rotatable bonds is 9. The van der Waals surface area contributed by atoms with Gasteiger partial charge in [-0.25, -0.2) is 4.79 Å². The maximum atomic E-state index is 12.3. The number of hydrogen-bond donors (Lipinski definition) is 0. The molecule has 2 aromatic rings. The SMILES string of the molecule is CCCCCCC(Oc1ccc2sc3c(c2c1)CCCC3)C(=O)OCC. The van der Waals surface area contributed by atoms with E-state index in [-0.39, 0.29) is 5.97 Å². The number of carbonyl (C=O) groups excluding carboxylic acids is 1. The molecule has 0 bridgehead atoms. The van der Waals surface area contributed by atoms with Crippen molar-refractivity contribution in [2.24, 2.45) is 0 Å². The van der Waals surface area contributed by atoms with Crippen molar-refractivity contribution in [3.8, 4) is 5.75 Å². The molecule has 3 nitrogen and oxygen atoms in total. The molecule has 1 aliphatic rings. The molecule has 0 aliphatic heterocycles. The van der Waals surface area contributed by atoms with E-state index in [9.17, 15) is 4.79 Å². The highest BCUT2D eigenvalue weighted by Crippen LogP contribution is 2.38. The van der Waals surface area contributed by atoms with Crippen LogP contribution in [0.2, 0.25) is 0 Å². The molecule has 1 aliphatic carbocycles. The molecule has 26 heavy (non-hydrogen) atoms. The van der Waals surface area contributed by atoms with Crippen LogP contribution < -0.4 is 4.74 Å². The van der Waals surface area contributed by atoms with Crippen molar-refractivity contribution >= 4 is 27.4 Å². The summed E-state index contributed by atoms with van der Waals surface area (Å²) in [5, 5.41) is 1.32. The third kappa shape index (κ3) is 4.59. The molecular formula is C22H30O3S. The standard InChI is InChI=1S/C22H30O3S/c1-3-5-6-7-11-19(22(23)24-4-2)25-16-13-14-21-18(15-16)17-10-8-9-12-20(17)26-21/h13-15,19H,3-12H2,1-2H3. The zero-order valence-electron chi connectivity index (χ0n) is 16.0. The van der Waals surface area contributed by atoms with Crippen LogP contribution in [0.5, 0.6) is 5.75 Å². The molecule has 0 amide bonds. The molecule has 142 valence electrons. The van der Waals surface area contributed by atoms with E-state index in [0.717, 1.165) is 31.4 Å². The molecule has 0 saturated heterocycles. The summed E-state index contributed by atoms with van der Waals surface area (Å²) in [5.74, 6) is 0.550. The molecule has 0 saturated carbocycles. The Morgan fingerprint density at radius 1 is 1.15 bits per heavy atom. The van der Waals surface area contributed by atoms with Crippen LogP contribution in [0.25, 0.3) is 10.1 Å². The van der Waals surface area contributed by atoms with Gasteiger partial charge in [0.1, 0.15) is 5.75 Å². The second-order valence-electron chi connectivity index (χ2n) is 7.08. The average molecular weight is 375 g/mol. The Hall–Kier alpha value is -1.55. The van der Waals surface area contributed by atoms with Gasteiger partial charge in [0.15, 0.2) is 6.10 Å². The monoisotopic (exact) mass is 374 g/mol. The van der Waals surface area contributed by atoms with Gasteiger partial charge in [0, 0.05) is 9.58 Å². The number of fused-ring (bicyclic) bond motifs is 3. The van der Waals surface area contributed by atoms with Crippen molar-refractivity contribution in [1.82, 2.24) is 0 Å². The third-order valence-corrected chi connectivity index (χ3v) is 6.35. The first-order valence-corrected chi connectivity index (χ1v) is 10.9. The Morgan fingerprint density at radius 2 is 2.00 bits per heavy atom. The van der Waals surface area contributed by atoms with Crippen LogP contribution in [-0.4, -0.2) is 18.7 Å². The van der Waals surface area contributed by atoms with E-state index in [1.54, 1.807) is 0 Å². The van der Waals surface area contributed by atoms with Crippen LogP contribution >= 0.6 is 11.3 Å². The van der Waals surface area contributed by atoms with Gasteiger partial charge in [-0.05, 0) is 74.6 Å². The van der Waals surface area contributed by atoms with E-state index in [0.29, 0.717) is 6.61 Å². The van der Waals surface area contributed by atoms with Crippen LogP contribution in [0.3, 0.4) is 0 Å². The van der Waals surface area contributed by atoms with Gasteiger partial charge in [0.25, 0.3) is 0 Å². The smallest absolute Gasteiger partial charge is 0.347 e. The van der Waals surface area contributed by atoms with Crippen molar-refractivity contribution in [3.05, 3.63) is 28.6 Å². The van der Waals surface area contributed by atoms with Gasteiger partial charge >= 0.3 is 5.97 Å². The topological polar surface area (TPSA) is 35.5 Å². The molecule has 0 N–H and O–H groups in total. The average Bonchev–Trinajstić information content (AvgIpc) is 3.02. The number of unbranched alkanes of at least 4 members (excludes halogenated alkanes) is 3. The van der Waals surface area contributed by atoms with E-state index < -0.39 is 6.10 Å². The molecular weight excluding hydrogens is 344 g/mol. The number of hydrogen-bond acceptors (Lipinski definition) is 4. The van der Waals surface area contributed by atoms with Gasteiger partial charge in [-0.2, -0.15) is 0 Å². The minimum absolute atomic E-state index is 0.239. The van der Waals surface area contributed by atoms with Crippen molar-refractivity contribution in [3.63, 3.8) is 0 Å². The third-order valence-electron chi connectivity index (χ3n) is 5.07. The van der Waals surface area contributed by atoms with Gasteiger partial charge in [0.2, 0.25) is 0 Å². The predicted molar refractivity (Wildman–Crippen MR) is 108 cm³/mol. The minimum atomic E-state index is -0.501. The first-order chi connectivity index (χ1) is 12.7. The van der Waals surface area contributed by atoms with Crippen LogP contribution in [0.15, 0.2) is 18.2 Å². The summed E-state index contributed by atoms with van der Waals surface area (Å²) in [4.78, 5) is 13.8. The maximum absolute atomic E-state index is 12.3. The van der Waals surface area contributed by atoms with E-state index >= 15 is 0 Å². The van der Waals surface area contributed by atoms with Gasteiger partial charge in [-0.15, -0.1) is 11.3 Å². The number of ether oxygens (including phenoxy) is 2. The predicted octanol–water partition coefficient (Wildman–Crippen LogP) is 6.06. The lowest BCUT2D eigenvalue weighted by atomic mass is 9.96. The summed E-state index contributed by atoms with van der Waals surface area (Å²) >= 11 is 1.91. The van der Waals surface area contributed by atoms with Crippen LogP contribution in [0.4, 0.5) is 0 Å². The van der Waals surface area contributed by atoms with Gasteiger partial charge in [0.05, 0.1) is 6.61 Å². The van der Waals surface area contributed by atoms with Crippen molar-refractivity contribution in [1.29, 1.82) is 0 Å². The Balaban J connectivity index is 1.75. The molecule has 1 aromatic carbocycles. The summed E-state index contributed by atoms with van der Waals surface area (Å²) in [6.07, 6.45) is 9.66. The van der Waals surface area contributed by atoms with E-state index in [1.165, 1.54) is 52.6 Å². The normalized spacial score (nSPS) is 14.8. The molecule has 0 radical (unpaired) electrons. The van der Waals surface area contributed by atoms with Crippen molar-refractivity contribution < 1.29 is 14.3 Å². The highest BCUT2D eigenvalue weighted by atomic mass is 32.1. The number of carbonyl (C=O) groups is 1. The van der Waals surface area contributed by atoms with Crippen molar-refractivity contribution in [2.75, 3.05) is 6.61 Å². The van der Waals surface area contributed by atoms with Crippen LogP contribution in [0, 0.1) is 0 Å². The van der Waals surface area contributed by atoms with Crippen LogP contribution in [-0.2, 0) is 22.4 Å². The molecule has 0 fully saturated rings. The Kier molecular flexibility index (Phi) is 6.95. The summed E-state index contributed by atoms with van der Waals surface area (Å²) in [6.45, 7) is 4.43. The second kappa shape index (κ2) is 9.40. The largest absolute Gasteiger partial charge is 0.479 e. The molecule has 1 heterocycles. The number of benzene rings is 1. The Bertz CT molecular complexity index is 734. The fourth-order valence-corrected chi connectivity index (χ4v) is 4.97. The molecule has 1 atom stereocenters. The zero-order valence-corrected chi connectivity index (χ0v) is 16.8. The molecule has 3 rings (SSSR count). The summed E-state index contributed by atoms with van der Waals surface area (Å²) in [7, 11) is 0. The lowest BCUT2D eigenvalue weighted by Gasteiger charge is -2.18. The Morgan fingerprint density at radius 3 is 2.81 bits per heavy atom. The minimum Gasteiger partial charge on any atom is -0.479 e. The lowest BCUT2D eigenvalue weighted by Crippen LogP contribution is -2.29. The quantitative estimate of drug-likeness (QED) is 0.395. The Labute approximate surface area is 160 Å². The fraction of sp³-hybridized carbons (Fsp3) is 0.591. The van der Waals surface area contributed by atoms with Crippen LogP contribution in [0.1, 0.15) is 69.2 Å².